The molecule has 0 bridgehead atoms. The van der Waals surface area contributed by atoms with E-state index in [-0.39, 0.29) is 12.2 Å². The van der Waals surface area contributed by atoms with Crippen molar-refractivity contribution in [3.05, 3.63) is 42.0 Å². The fourth-order valence-corrected chi connectivity index (χ4v) is 2.92. The second-order valence-electron chi connectivity index (χ2n) is 7.85. The van der Waals surface area contributed by atoms with Crippen LogP contribution < -0.4 is 5.32 Å². The van der Waals surface area contributed by atoms with E-state index in [1.807, 2.05) is 0 Å². The van der Waals surface area contributed by atoms with Crippen LogP contribution in [0.2, 0.25) is 0 Å². The number of rotatable bonds is 8. The third-order valence-corrected chi connectivity index (χ3v) is 4.30. The zero-order chi connectivity index (χ0) is 20.7. The lowest BCUT2D eigenvalue weighted by molar-refractivity contribution is -0.166. The zero-order valence-electron chi connectivity index (χ0n) is 17.0. The first kappa shape index (κ1) is 21.7. The Hall–Kier alpha value is -2.63. The molecule has 6 nitrogen and oxygen atoms in total. The second-order valence-corrected chi connectivity index (χ2v) is 7.85. The quantitative estimate of drug-likeness (QED) is 0.316. The first-order valence-corrected chi connectivity index (χ1v) is 9.64. The number of anilines is 1. The van der Waals surface area contributed by atoms with E-state index in [1.165, 1.54) is 0 Å². The van der Waals surface area contributed by atoms with Crippen LogP contribution in [0.3, 0.4) is 0 Å². The van der Waals surface area contributed by atoms with Gasteiger partial charge in [0.15, 0.2) is 5.78 Å². The molecular weight excluding hydrogens is 358 g/mol. The van der Waals surface area contributed by atoms with Gasteiger partial charge in [-0.3, -0.25) is 14.4 Å². The summed E-state index contributed by atoms with van der Waals surface area (Å²) in [6.07, 6.45) is 6.50. The summed E-state index contributed by atoms with van der Waals surface area (Å²) in [5.41, 5.74) is 0.329. The largest absolute Gasteiger partial charge is 0.465 e. The maximum Gasteiger partial charge on any atom is 0.328 e. The normalized spacial score (nSPS) is 15.1. The number of carbonyl (C=O) groups excluding carboxylic acids is 3. The number of Topliss-reactive ketones (excluding diaryl/α,β-unsaturated/α-hetero) is 1. The third kappa shape index (κ3) is 6.22. The Morgan fingerprint density at radius 1 is 1.07 bits per heavy atom. The smallest absolute Gasteiger partial charge is 0.328 e. The van der Waals surface area contributed by atoms with Gasteiger partial charge >= 0.3 is 11.9 Å². The summed E-state index contributed by atoms with van der Waals surface area (Å²) >= 11 is 0. The van der Waals surface area contributed by atoms with Gasteiger partial charge in [0.1, 0.15) is 5.60 Å². The number of allylic oxidation sites excluding steroid dienone is 2. The van der Waals surface area contributed by atoms with E-state index in [2.05, 4.69) is 17.5 Å². The first-order chi connectivity index (χ1) is 13.2. The lowest BCUT2D eigenvalue weighted by Gasteiger charge is -2.22. The molecule has 6 heteroatoms. The molecule has 28 heavy (non-hydrogen) atoms. The lowest BCUT2D eigenvalue weighted by atomic mass is 9.97. The highest BCUT2D eigenvalue weighted by atomic mass is 16.6. The van der Waals surface area contributed by atoms with Gasteiger partial charge in [0, 0.05) is 17.8 Å². The molecular formula is C22H29NO5. The predicted octanol–water partition coefficient (Wildman–Crippen LogP) is 3.77. The number of carbonyl (C=O) groups is 3. The number of benzene rings is 1. The summed E-state index contributed by atoms with van der Waals surface area (Å²) in [6, 6.07) is 6.75. The molecule has 0 saturated heterocycles. The molecule has 1 aromatic rings. The minimum Gasteiger partial charge on any atom is -0.465 e. The summed E-state index contributed by atoms with van der Waals surface area (Å²) < 4.78 is 10.2. The van der Waals surface area contributed by atoms with E-state index in [1.54, 1.807) is 52.0 Å². The van der Waals surface area contributed by atoms with Gasteiger partial charge in [-0.1, -0.05) is 12.2 Å². The molecule has 1 atom stereocenters. The van der Waals surface area contributed by atoms with Crippen LogP contribution in [-0.4, -0.2) is 36.5 Å². The zero-order valence-corrected chi connectivity index (χ0v) is 17.0. The molecule has 0 amide bonds. The molecule has 0 saturated carbocycles. The second kappa shape index (κ2) is 9.53. The molecule has 0 radical (unpaired) electrons. The van der Waals surface area contributed by atoms with Gasteiger partial charge in [0.2, 0.25) is 5.92 Å². The number of esters is 2. The first-order valence-electron chi connectivity index (χ1n) is 9.64. The van der Waals surface area contributed by atoms with E-state index < -0.39 is 29.2 Å². The summed E-state index contributed by atoms with van der Waals surface area (Å²) in [5.74, 6) is -3.45. The van der Waals surface area contributed by atoms with E-state index in [0.29, 0.717) is 5.92 Å². The van der Waals surface area contributed by atoms with Crippen LogP contribution in [0.25, 0.3) is 0 Å². The van der Waals surface area contributed by atoms with Gasteiger partial charge in [-0.25, -0.2) is 0 Å². The highest BCUT2D eigenvalue weighted by Gasteiger charge is 2.39. The molecule has 1 unspecified atom stereocenters. The Bertz CT molecular complexity index is 722. The number of hydrogen-bond acceptors (Lipinski definition) is 6. The minimum absolute atomic E-state index is 0.0737. The van der Waals surface area contributed by atoms with Crippen molar-refractivity contribution in [2.75, 3.05) is 18.5 Å². The van der Waals surface area contributed by atoms with Gasteiger partial charge in [0.05, 0.1) is 6.61 Å². The molecule has 2 rings (SSSR count). The Kier molecular flexibility index (Phi) is 7.38. The van der Waals surface area contributed by atoms with Gasteiger partial charge in [-0.15, -0.1) is 0 Å². The Morgan fingerprint density at radius 2 is 1.68 bits per heavy atom. The SMILES string of the molecule is CCOC(=O)C(C(=O)OC(C)(C)C)C(=O)c1ccc(NCC2CC=CC2)cc1. The van der Waals surface area contributed by atoms with Crippen molar-refractivity contribution in [3.8, 4) is 0 Å². The predicted molar refractivity (Wildman–Crippen MR) is 107 cm³/mol. The Labute approximate surface area is 166 Å². The van der Waals surface area contributed by atoms with Crippen molar-refractivity contribution in [3.63, 3.8) is 0 Å². The minimum atomic E-state index is -1.62. The lowest BCUT2D eigenvalue weighted by Crippen LogP contribution is -2.38. The van der Waals surface area contributed by atoms with Gasteiger partial charge in [-0.2, -0.15) is 0 Å². The van der Waals surface area contributed by atoms with E-state index >= 15 is 0 Å². The average molecular weight is 387 g/mol. The number of ether oxygens (including phenoxy) is 2. The fourth-order valence-electron chi connectivity index (χ4n) is 2.92. The Balaban J connectivity index is 2.09. The number of nitrogens with one attached hydrogen (secondary N) is 1. The van der Waals surface area contributed by atoms with E-state index in [9.17, 15) is 14.4 Å². The van der Waals surface area contributed by atoms with Crippen LogP contribution in [0.5, 0.6) is 0 Å². The number of ketones is 1. The average Bonchev–Trinajstić information content (AvgIpc) is 3.12. The van der Waals surface area contributed by atoms with Gasteiger partial charge < -0.3 is 14.8 Å². The van der Waals surface area contributed by atoms with Crippen molar-refractivity contribution in [2.45, 2.75) is 46.1 Å². The third-order valence-electron chi connectivity index (χ3n) is 4.30. The van der Waals surface area contributed by atoms with Crippen LogP contribution >= 0.6 is 0 Å². The molecule has 1 N–H and O–H groups in total. The molecule has 152 valence electrons. The molecule has 1 aromatic carbocycles. The molecule has 0 fully saturated rings. The Morgan fingerprint density at radius 3 is 2.21 bits per heavy atom. The maximum absolute atomic E-state index is 12.8. The van der Waals surface area contributed by atoms with Crippen molar-refractivity contribution in [2.24, 2.45) is 11.8 Å². The van der Waals surface area contributed by atoms with Crippen LogP contribution in [0.1, 0.15) is 50.9 Å². The van der Waals surface area contributed by atoms with Crippen LogP contribution in [0.15, 0.2) is 36.4 Å². The molecule has 0 spiro atoms. The molecule has 0 aliphatic heterocycles. The van der Waals surface area contributed by atoms with E-state index in [0.717, 1.165) is 25.1 Å². The van der Waals surface area contributed by atoms with E-state index in [4.69, 9.17) is 9.47 Å². The van der Waals surface area contributed by atoms with Crippen molar-refractivity contribution in [1.29, 1.82) is 0 Å². The van der Waals surface area contributed by atoms with Gasteiger partial charge in [0.25, 0.3) is 0 Å². The molecule has 0 heterocycles. The van der Waals surface area contributed by atoms with Gasteiger partial charge in [-0.05, 0) is 70.7 Å². The monoisotopic (exact) mass is 387 g/mol. The van der Waals surface area contributed by atoms with Crippen LogP contribution in [0, 0.1) is 11.8 Å². The summed E-state index contributed by atoms with van der Waals surface area (Å²) in [4.78, 5) is 37.5. The van der Waals surface area contributed by atoms with Crippen molar-refractivity contribution in [1.82, 2.24) is 0 Å². The van der Waals surface area contributed by atoms with Crippen LogP contribution in [0.4, 0.5) is 5.69 Å². The highest BCUT2D eigenvalue weighted by molar-refractivity contribution is 6.20. The fraction of sp³-hybridized carbons (Fsp3) is 0.500. The molecule has 1 aliphatic rings. The topological polar surface area (TPSA) is 81.7 Å². The summed E-state index contributed by atoms with van der Waals surface area (Å²) in [7, 11) is 0. The summed E-state index contributed by atoms with van der Waals surface area (Å²) in [6.45, 7) is 7.58. The summed E-state index contributed by atoms with van der Waals surface area (Å²) in [5, 5.41) is 3.34. The molecule has 0 aromatic heterocycles. The standard InChI is InChI=1S/C22H29NO5/c1-5-27-20(25)18(21(26)28-22(2,3)4)19(24)16-10-12-17(13-11-16)23-14-15-8-6-7-9-15/h6-7,10-13,15,18,23H,5,8-9,14H2,1-4H3. The van der Waals surface area contributed by atoms with Crippen molar-refractivity contribution >= 4 is 23.4 Å². The highest BCUT2D eigenvalue weighted by Crippen LogP contribution is 2.21. The van der Waals surface area contributed by atoms with Crippen LogP contribution in [-0.2, 0) is 19.1 Å². The molecule has 1 aliphatic carbocycles. The number of hydrogen-bond donors (Lipinski definition) is 1. The van der Waals surface area contributed by atoms with Crippen molar-refractivity contribution < 1.29 is 23.9 Å². The maximum atomic E-state index is 12.8.